The molecule has 9 heteroatoms. The third-order valence-corrected chi connectivity index (χ3v) is 6.82. The van der Waals surface area contributed by atoms with Crippen molar-refractivity contribution in [3.8, 4) is 0 Å². The summed E-state index contributed by atoms with van der Waals surface area (Å²) in [7, 11) is 0. The van der Waals surface area contributed by atoms with Gasteiger partial charge in [0.2, 0.25) is 5.91 Å². The van der Waals surface area contributed by atoms with Crippen molar-refractivity contribution >= 4 is 34.4 Å². The van der Waals surface area contributed by atoms with Crippen LogP contribution in [0, 0.1) is 11.8 Å². The Morgan fingerprint density at radius 1 is 1.09 bits per heavy atom. The first-order valence-electron chi connectivity index (χ1n) is 11.4. The number of carboxylic acid groups (broad SMARTS) is 2. The number of anilines is 1. The van der Waals surface area contributed by atoms with Gasteiger partial charge in [-0.2, -0.15) is 0 Å². The van der Waals surface area contributed by atoms with Gasteiger partial charge in [0, 0.05) is 54.5 Å². The van der Waals surface area contributed by atoms with Crippen LogP contribution in [0.2, 0.25) is 0 Å². The van der Waals surface area contributed by atoms with Crippen LogP contribution in [0.15, 0.2) is 36.5 Å². The van der Waals surface area contributed by atoms with E-state index in [9.17, 15) is 24.6 Å². The molecule has 0 bridgehead atoms. The standard InChI is InChI=1S/C24H30N4O5/c1-2-27-9-11-28(12-10-27)21(24(32)33)19-14-25-20-8-7-15(13-18(19)20)26-22(29)16-5-3-4-6-17(16)23(30)31/h3-4,7-8,13-14,16-17,21,25H,2,5-6,9-12H2,1H3,(H,26,29)(H,30,31)(H,32,33)/t16-,17-,21-/m0/s1. The fourth-order valence-electron chi connectivity index (χ4n) is 4.88. The number of aromatic nitrogens is 1. The van der Waals surface area contributed by atoms with E-state index in [2.05, 4.69) is 22.1 Å². The van der Waals surface area contributed by atoms with Crippen LogP contribution in [0.5, 0.6) is 0 Å². The number of H-pyrrole nitrogens is 1. The van der Waals surface area contributed by atoms with E-state index >= 15 is 0 Å². The van der Waals surface area contributed by atoms with Gasteiger partial charge in [-0.15, -0.1) is 0 Å². The van der Waals surface area contributed by atoms with Gasteiger partial charge < -0.3 is 25.4 Å². The minimum atomic E-state index is -0.977. The lowest BCUT2D eigenvalue weighted by molar-refractivity contribution is -0.146. The van der Waals surface area contributed by atoms with Crippen LogP contribution in [0.3, 0.4) is 0 Å². The number of carbonyl (C=O) groups excluding carboxylic acids is 1. The monoisotopic (exact) mass is 454 g/mol. The van der Waals surface area contributed by atoms with E-state index in [0.717, 1.165) is 30.5 Å². The molecule has 1 aliphatic heterocycles. The van der Waals surface area contributed by atoms with Crippen LogP contribution in [0.1, 0.15) is 31.4 Å². The number of hydrogen-bond acceptors (Lipinski definition) is 5. The van der Waals surface area contributed by atoms with Gasteiger partial charge in [-0.3, -0.25) is 19.3 Å². The van der Waals surface area contributed by atoms with Crippen LogP contribution in [0.25, 0.3) is 10.9 Å². The lowest BCUT2D eigenvalue weighted by Gasteiger charge is -2.37. The quantitative estimate of drug-likeness (QED) is 0.474. The number of hydrogen-bond donors (Lipinski definition) is 4. The first kappa shape index (κ1) is 23.0. The zero-order chi connectivity index (χ0) is 23.5. The molecule has 0 radical (unpaired) electrons. The van der Waals surface area contributed by atoms with Crippen LogP contribution >= 0.6 is 0 Å². The summed E-state index contributed by atoms with van der Waals surface area (Å²) >= 11 is 0. The van der Waals surface area contributed by atoms with Crippen molar-refractivity contribution in [3.05, 3.63) is 42.1 Å². The second-order valence-corrected chi connectivity index (χ2v) is 8.70. The Morgan fingerprint density at radius 3 is 2.42 bits per heavy atom. The van der Waals surface area contributed by atoms with Gasteiger partial charge in [-0.05, 0) is 37.6 Å². The first-order chi connectivity index (χ1) is 15.9. The van der Waals surface area contributed by atoms with Crippen molar-refractivity contribution in [2.24, 2.45) is 11.8 Å². The fraction of sp³-hybridized carbons (Fsp3) is 0.458. The van der Waals surface area contributed by atoms with Crippen molar-refractivity contribution < 1.29 is 24.6 Å². The molecule has 4 N–H and O–H groups in total. The molecule has 9 nitrogen and oxygen atoms in total. The normalized spacial score (nSPS) is 22.8. The molecule has 1 amide bonds. The third kappa shape index (κ3) is 4.79. The Bertz CT molecular complexity index is 1070. The third-order valence-electron chi connectivity index (χ3n) is 6.82. The number of nitrogens with one attached hydrogen (secondary N) is 2. The van der Waals surface area contributed by atoms with E-state index in [4.69, 9.17) is 0 Å². The molecular formula is C24H30N4O5. The molecule has 1 saturated heterocycles. The molecule has 2 aromatic rings. The van der Waals surface area contributed by atoms with Gasteiger partial charge in [0.1, 0.15) is 6.04 Å². The second-order valence-electron chi connectivity index (χ2n) is 8.70. The Kier molecular flexibility index (Phi) is 6.80. The highest BCUT2D eigenvalue weighted by Gasteiger charge is 2.34. The van der Waals surface area contributed by atoms with Crippen LogP contribution < -0.4 is 5.32 Å². The number of piperazine rings is 1. The zero-order valence-corrected chi connectivity index (χ0v) is 18.7. The maximum Gasteiger partial charge on any atom is 0.325 e. The molecule has 2 heterocycles. The summed E-state index contributed by atoms with van der Waals surface area (Å²) in [5.41, 5.74) is 1.96. The number of likely N-dealkylation sites (N-methyl/N-ethyl adjacent to an activating group) is 1. The summed E-state index contributed by atoms with van der Waals surface area (Å²) in [6.07, 6.45) is 6.08. The van der Waals surface area contributed by atoms with Gasteiger partial charge in [0.05, 0.1) is 11.8 Å². The number of rotatable bonds is 7. The molecule has 33 heavy (non-hydrogen) atoms. The Labute approximate surface area is 192 Å². The Balaban J connectivity index is 1.58. The molecule has 2 aliphatic rings. The van der Waals surface area contributed by atoms with Crippen molar-refractivity contribution in [1.29, 1.82) is 0 Å². The molecule has 176 valence electrons. The molecular weight excluding hydrogens is 424 g/mol. The zero-order valence-electron chi connectivity index (χ0n) is 18.7. The number of aromatic amines is 1. The summed E-state index contributed by atoms with van der Waals surface area (Å²) in [4.78, 5) is 44.1. The fourth-order valence-corrected chi connectivity index (χ4v) is 4.88. The summed E-state index contributed by atoms with van der Waals surface area (Å²) in [6, 6.07) is 4.53. The molecule has 1 aliphatic carbocycles. The summed E-state index contributed by atoms with van der Waals surface area (Å²) in [5.74, 6) is -3.62. The second kappa shape index (κ2) is 9.76. The van der Waals surface area contributed by atoms with E-state index in [1.165, 1.54) is 0 Å². The number of aliphatic carboxylic acids is 2. The first-order valence-corrected chi connectivity index (χ1v) is 11.4. The Morgan fingerprint density at radius 2 is 1.79 bits per heavy atom. The van der Waals surface area contributed by atoms with E-state index in [1.807, 2.05) is 11.0 Å². The molecule has 0 unspecified atom stereocenters. The highest BCUT2D eigenvalue weighted by atomic mass is 16.4. The average Bonchev–Trinajstić information content (AvgIpc) is 3.22. The SMILES string of the molecule is CCN1CCN([C@H](C(=O)O)c2c[nH]c3ccc(NC(=O)[C@H]4CC=CC[C@@H]4C(=O)O)cc23)CC1. The van der Waals surface area contributed by atoms with Crippen LogP contribution in [0.4, 0.5) is 5.69 Å². The summed E-state index contributed by atoms with van der Waals surface area (Å²) in [6.45, 7) is 6.03. The van der Waals surface area contributed by atoms with E-state index < -0.39 is 29.8 Å². The van der Waals surface area contributed by atoms with Crippen molar-refractivity contribution in [2.75, 3.05) is 38.0 Å². The number of carboxylic acids is 2. The maximum atomic E-state index is 12.9. The minimum absolute atomic E-state index is 0.333. The van der Waals surface area contributed by atoms with E-state index in [-0.39, 0.29) is 5.91 Å². The van der Waals surface area contributed by atoms with Crippen LogP contribution in [-0.2, 0) is 14.4 Å². The van der Waals surface area contributed by atoms with Gasteiger partial charge in [-0.25, -0.2) is 0 Å². The molecule has 1 fully saturated rings. The summed E-state index contributed by atoms with van der Waals surface area (Å²) < 4.78 is 0. The number of carbonyl (C=O) groups is 3. The topological polar surface area (TPSA) is 126 Å². The Hall–Kier alpha value is -3.17. The van der Waals surface area contributed by atoms with Crippen molar-refractivity contribution in [2.45, 2.75) is 25.8 Å². The highest BCUT2D eigenvalue weighted by molar-refractivity contribution is 5.98. The maximum absolute atomic E-state index is 12.9. The number of allylic oxidation sites excluding steroid dienone is 2. The predicted molar refractivity (Wildman–Crippen MR) is 124 cm³/mol. The number of amides is 1. The molecule has 0 saturated carbocycles. The highest BCUT2D eigenvalue weighted by Crippen LogP contribution is 2.32. The van der Waals surface area contributed by atoms with Gasteiger partial charge in [0.25, 0.3) is 0 Å². The minimum Gasteiger partial charge on any atom is -0.481 e. The lowest BCUT2D eigenvalue weighted by atomic mass is 9.82. The number of benzene rings is 1. The number of fused-ring (bicyclic) bond motifs is 1. The van der Waals surface area contributed by atoms with E-state index in [0.29, 0.717) is 37.2 Å². The molecule has 1 aromatic heterocycles. The molecule has 3 atom stereocenters. The van der Waals surface area contributed by atoms with Crippen molar-refractivity contribution in [3.63, 3.8) is 0 Å². The molecule has 0 spiro atoms. The van der Waals surface area contributed by atoms with Crippen LogP contribution in [-0.4, -0.2) is 75.6 Å². The number of nitrogens with zero attached hydrogens (tertiary/aromatic N) is 2. The van der Waals surface area contributed by atoms with Gasteiger partial charge >= 0.3 is 11.9 Å². The molecule has 4 rings (SSSR count). The average molecular weight is 455 g/mol. The largest absolute Gasteiger partial charge is 0.481 e. The van der Waals surface area contributed by atoms with Crippen molar-refractivity contribution in [1.82, 2.24) is 14.8 Å². The molecule has 1 aromatic carbocycles. The van der Waals surface area contributed by atoms with E-state index in [1.54, 1.807) is 30.5 Å². The summed E-state index contributed by atoms with van der Waals surface area (Å²) in [5, 5.41) is 23.1. The smallest absolute Gasteiger partial charge is 0.325 e. The predicted octanol–water partition coefficient (Wildman–Crippen LogP) is 2.54. The van der Waals surface area contributed by atoms with Gasteiger partial charge in [-0.1, -0.05) is 19.1 Å². The lowest BCUT2D eigenvalue weighted by Crippen LogP contribution is -2.49. The van der Waals surface area contributed by atoms with Gasteiger partial charge in [0.15, 0.2) is 0 Å².